The minimum absolute atomic E-state index is 0.574. The summed E-state index contributed by atoms with van der Waals surface area (Å²) in [5, 5.41) is 0. The van der Waals surface area contributed by atoms with E-state index in [4.69, 9.17) is 5.73 Å². The molecule has 0 saturated carbocycles. The molecule has 0 aliphatic carbocycles. The van der Waals surface area contributed by atoms with Gasteiger partial charge in [0.2, 0.25) is 5.95 Å². The first kappa shape index (κ1) is 12.7. The fourth-order valence-electron chi connectivity index (χ4n) is 2.48. The van der Waals surface area contributed by atoms with Crippen molar-refractivity contribution in [3.63, 3.8) is 0 Å². The molecule has 2 aromatic carbocycles. The summed E-state index contributed by atoms with van der Waals surface area (Å²) >= 11 is 0. The molecule has 0 unspecified atom stereocenters. The van der Waals surface area contributed by atoms with Gasteiger partial charge in [0.1, 0.15) is 0 Å². The fraction of sp³-hybridized carbons (Fsp3) is 0.235. The second kappa shape index (κ2) is 5.00. The fourth-order valence-corrected chi connectivity index (χ4v) is 2.48. The van der Waals surface area contributed by atoms with Crippen molar-refractivity contribution in [2.24, 2.45) is 0 Å². The molecule has 0 bridgehead atoms. The van der Waals surface area contributed by atoms with Gasteiger partial charge >= 0.3 is 0 Å². The molecule has 0 saturated heterocycles. The lowest BCUT2D eigenvalue weighted by Crippen LogP contribution is -2.04. The number of fused-ring (bicyclic) bond motifs is 1. The van der Waals surface area contributed by atoms with Gasteiger partial charge in [0.25, 0.3) is 0 Å². The highest BCUT2D eigenvalue weighted by atomic mass is 15.1. The molecule has 0 aliphatic rings. The lowest BCUT2D eigenvalue weighted by Gasteiger charge is -2.08. The third kappa shape index (κ3) is 2.27. The van der Waals surface area contributed by atoms with Gasteiger partial charge in [-0.25, -0.2) is 4.98 Å². The molecule has 3 nitrogen and oxygen atoms in total. The van der Waals surface area contributed by atoms with E-state index >= 15 is 0 Å². The maximum atomic E-state index is 6.06. The van der Waals surface area contributed by atoms with Crippen LogP contribution >= 0.6 is 0 Å². The zero-order chi connectivity index (χ0) is 14.1. The summed E-state index contributed by atoms with van der Waals surface area (Å²) in [5.41, 5.74) is 11.9. The lowest BCUT2D eigenvalue weighted by molar-refractivity contribution is 0.837. The predicted molar refractivity (Wildman–Crippen MR) is 83.8 cm³/mol. The van der Waals surface area contributed by atoms with E-state index in [0.29, 0.717) is 5.95 Å². The van der Waals surface area contributed by atoms with Gasteiger partial charge in [0.05, 0.1) is 17.6 Å². The Labute approximate surface area is 119 Å². The van der Waals surface area contributed by atoms with Crippen LogP contribution in [0.15, 0.2) is 42.5 Å². The topological polar surface area (TPSA) is 43.8 Å². The summed E-state index contributed by atoms with van der Waals surface area (Å²) in [7, 11) is 0. The number of anilines is 1. The van der Waals surface area contributed by atoms with Crippen LogP contribution in [0.4, 0.5) is 5.95 Å². The van der Waals surface area contributed by atoms with Gasteiger partial charge in [0, 0.05) is 0 Å². The molecular formula is C17H19N3. The van der Waals surface area contributed by atoms with E-state index < -0.39 is 0 Å². The Morgan fingerprint density at radius 2 is 1.75 bits per heavy atom. The molecule has 3 heteroatoms. The summed E-state index contributed by atoms with van der Waals surface area (Å²) in [6.07, 6.45) is 1.07. The van der Waals surface area contributed by atoms with E-state index in [-0.39, 0.29) is 0 Å². The maximum Gasteiger partial charge on any atom is 0.201 e. The maximum absolute atomic E-state index is 6.06. The first-order chi connectivity index (χ1) is 9.67. The summed E-state index contributed by atoms with van der Waals surface area (Å²) in [6, 6.07) is 14.9. The number of nitrogens with two attached hydrogens (primary N) is 1. The molecule has 0 fully saturated rings. The molecule has 3 aromatic rings. The van der Waals surface area contributed by atoms with Crippen molar-refractivity contribution in [3.8, 4) is 0 Å². The van der Waals surface area contributed by atoms with Gasteiger partial charge in [-0.3, -0.25) is 0 Å². The Balaban J connectivity index is 2.00. The van der Waals surface area contributed by atoms with Crippen molar-refractivity contribution < 1.29 is 0 Å². The highest BCUT2D eigenvalue weighted by Crippen LogP contribution is 2.20. The van der Waals surface area contributed by atoms with Crippen molar-refractivity contribution in [2.45, 2.75) is 26.8 Å². The standard InChI is InChI=1S/C17H19N3/c1-3-13-5-7-14(8-6-13)11-20-16-10-12(2)4-9-15(16)19-17(20)18/h4-10H,3,11H2,1-2H3,(H2,18,19). The van der Waals surface area contributed by atoms with E-state index in [2.05, 4.69) is 59.8 Å². The van der Waals surface area contributed by atoms with Crippen LogP contribution in [0.5, 0.6) is 0 Å². The Morgan fingerprint density at radius 3 is 2.45 bits per heavy atom. The van der Waals surface area contributed by atoms with Crippen LogP contribution in [0.2, 0.25) is 0 Å². The Morgan fingerprint density at radius 1 is 1.05 bits per heavy atom. The monoisotopic (exact) mass is 265 g/mol. The first-order valence-electron chi connectivity index (χ1n) is 6.97. The van der Waals surface area contributed by atoms with Crippen LogP contribution in [0.25, 0.3) is 11.0 Å². The molecule has 2 N–H and O–H groups in total. The smallest absolute Gasteiger partial charge is 0.201 e. The third-order valence-corrected chi connectivity index (χ3v) is 3.71. The van der Waals surface area contributed by atoms with Crippen molar-refractivity contribution in [1.29, 1.82) is 0 Å². The Kier molecular flexibility index (Phi) is 3.18. The number of hydrogen-bond acceptors (Lipinski definition) is 2. The predicted octanol–water partition coefficient (Wildman–Crippen LogP) is 3.54. The normalized spacial score (nSPS) is 11.1. The second-order valence-corrected chi connectivity index (χ2v) is 5.22. The molecule has 0 spiro atoms. The Bertz CT molecular complexity index is 739. The summed E-state index contributed by atoms with van der Waals surface area (Å²) in [4.78, 5) is 4.42. The van der Waals surface area contributed by atoms with E-state index in [1.165, 1.54) is 16.7 Å². The number of aromatic nitrogens is 2. The minimum atomic E-state index is 0.574. The average molecular weight is 265 g/mol. The van der Waals surface area contributed by atoms with Crippen molar-refractivity contribution in [1.82, 2.24) is 9.55 Å². The lowest BCUT2D eigenvalue weighted by atomic mass is 10.1. The molecule has 0 atom stereocenters. The van der Waals surface area contributed by atoms with Gasteiger partial charge in [0.15, 0.2) is 0 Å². The van der Waals surface area contributed by atoms with E-state index in [9.17, 15) is 0 Å². The van der Waals surface area contributed by atoms with E-state index in [0.717, 1.165) is 24.0 Å². The quantitative estimate of drug-likeness (QED) is 0.787. The molecule has 20 heavy (non-hydrogen) atoms. The van der Waals surface area contributed by atoms with Crippen LogP contribution in [0.3, 0.4) is 0 Å². The molecule has 1 heterocycles. The SMILES string of the molecule is CCc1ccc(Cn2c(N)nc3ccc(C)cc32)cc1. The third-order valence-electron chi connectivity index (χ3n) is 3.71. The zero-order valence-corrected chi connectivity index (χ0v) is 11.9. The van der Waals surface area contributed by atoms with E-state index in [1.54, 1.807) is 0 Å². The van der Waals surface area contributed by atoms with E-state index in [1.807, 2.05) is 6.07 Å². The molecule has 3 rings (SSSR count). The molecule has 0 aliphatic heterocycles. The van der Waals surface area contributed by atoms with Crippen LogP contribution in [-0.2, 0) is 13.0 Å². The number of imidazole rings is 1. The highest BCUT2D eigenvalue weighted by Gasteiger charge is 2.08. The van der Waals surface area contributed by atoms with Gasteiger partial charge < -0.3 is 10.3 Å². The van der Waals surface area contributed by atoms with Gasteiger partial charge in [-0.15, -0.1) is 0 Å². The van der Waals surface area contributed by atoms with Gasteiger partial charge in [-0.05, 0) is 42.2 Å². The highest BCUT2D eigenvalue weighted by molar-refractivity contribution is 5.79. The van der Waals surface area contributed by atoms with Crippen LogP contribution in [0.1, 0.15) is 23.6 Å². The molecular weight excluding hydrogens is 246 g/mol. The number of aryl methyl sites for hydroxylation is 2. The number of benzene rings is 2. The average Bonchev–Trinajstić information content (AvgIpc) is 2.76. The number of nitrogen functional groups attached to an aromatic ring is 1. The molecule has 0 radical (unpaired) electrons. The van der Waals surface area contributed by atoms with Crippen molar-refractivity contribution >= 4 is 17.0 Å². The minimum Gasteiger partial charge on any atom is -0.369 e. The van der Waals surface area contributed by atoms with Crippen LogP contribution in [-0.4, -0.2) is 9.55 Å². The van der Waals surface area contributed by atoms with Gasteiger partial charge in [-0.2, -0.15) is 0 Å². The largest absolute Gasteiger partial charge is 0.369 e. The summed E-state index contributed by atoms with van der Waals surface area (Å²) in [5.74, 6) is 0.574. The van der Waals surface area contributed by atoms with Crippen molar-refractivity contribution in [3.05, 3.63) is 59.2 Å². The number of hydrogen-bond donors (Lipinski definition) is 1. The summed E-state index contributed by atoms with van der Waals surface area (Å²) < 4.78 is 2.07. The van der Waals surface area contributed by atoms with Crippen LogP contribution < -0.4 is 5.73 Å². The second-order valence-electron chi connectivity index (χ2n) is 5.22. The van der Waals surface area contributed by atoms with Crippen molar-refractivity contribution in [2.75, 3.05) is 5.73 Å². The zero-order valence-electron chi connectivity index (χ0n) is 11.9. The molecule has 0 amide bonds. The number of rotatable bonds is 3. The molecule has 1 aromatic heterocycles. The molecule has 102 valence electrons. The van der Waals surface area contributed by atoms with Gasteiger partial charge in [-0.1, -0.05) is 37.3 Å². The summed E-state index contributed by atoms with van der Waals surface area (Å²) in [6.45, 7) is 5.01. The first-order valence-corrected chi connectivity index (χ1v) is 6.97. The Hall–Kier alpha value is -2.29. The van der Waals surface area contributed by atoms with Crippen LogP contribution in [0, 0.1) is 6.92 Å². The number of nitrogens with zero attached hydrogens (tertiary/aromatic N) is 2.